The number of amides is 3. The molecule has 12 aromatic rings. The molecular weight excluding hydrogens is 1410 g/mol. The van der Waals surface area contributed by atoms with Crippen molar-refractivity contribution >= 4 is 85.6 Å². The minimum absolute atomic E-state index is 0.00151. The van der Waals surface area contributed by atoms with Gasteiger partial charge >= 0.3 is 34.8 Å². The molecule has 0 radical (unpaired) electrons. The van der Waals surface area contributed by atoms with Crippen molar-refractivity contribution in [3.05, 3.63) is 246 Å². The monoisotopic (exact) mass is 1490 g/mol. The number of benzene rings is 9. The number of carbonyl (C=O) groups is 6. The Morgan fingerprint density at radius 2 is 0.782 bits per heavy atom. The van der Waals surface area contributed by atoms with Gasteiger partial charge < -0.3 is 76.9 Å². The van der Waals surface area contributed by atoms with Gasteiger partial charge in [0.2, 0.25) is 0 Å². The van der Waals surface area contributed by atoms with Crippen LogP contribution in [0.2, 0.25) is 0 Å². The molecule has 25 nitrogen and oxygen atoms in total. The number of rotatable bonds is 21. The number of nitrogens with one attached hydrogen (secondary N) is 3. The van der Waals surface area contributed by atoms with Crippen molar-refractivity contribution in [1.82, 2.24) is 0 Å². The summed E-state index contributed by atoms with van der Waals surface area (Å²) in [5.41, 5.74) is 5.63. The number of aryl methyl sites for hydroxylation is 3. The zero-order valence-corrected chi connectivity index (χ0v) is 61.7. The van der Waals surface area contributed by atoms with Crippen LogP contribution in [0.4, 0.5) is 17.1 Å². The van der Waals surface area contributed by atoms with E-state index in [0.717, 1.165) is 29.5 Å². The predicted octanol–water partition coefficient (Wildman–Crippen LogP) is 15.2. The second kappa shape index (κ2) is 34.2. The molecule has 3 aromatic heterocycles. The summed E-state index contributed by atoms with van der Waals surface area (Å²) >= 11 is 0. The summed E-state index contributed by atoms with van der Waals surface area (Å²) in [5, 5.41) is 19.3. The lowest BCUT2D eigenvalue weighted by Crippen LogP contribution is -2.18. The third-order valence-electron chi connectivity index (χ3n) is 17.8. The summed E-state index contributed by atoms with van der Waals surface area (Å²) in [7, 11) is 9.37. The Labute approximate surface area is 628 Å². The van der Waals surface area contributed by atoms with Crippen LogP contribution in [-0.4, -0.2) is 83.4 Å². The highest BCUT2D eigenvalue weighted by molar-refractivity contribution is 6.08. The molecule has 3 heterocycles. The number of esters is 3. The Morgan fingerprint density at radius 1 is 0.418 bits per heavy atom. The standard InChI is InChI=1S/C29H25NO7.C28H25NO8.C28H25NO7/c1-16-24(36-28(32)17-7-8-17)11-9-19-15-23(29(33)37-26(16)19)30-27(31)20-10-12-25(35-3)22(14-20)18-5-4-6-21(13-18)34-2;1-15-25-19(10-20(14-30)26(15)36-16(2)31)13-23(28(33)37-25)29-27(32)18-8-9-24(35-4)22(12-18)17-6-5-7-21(11-17)34-3;1-5-25(30)35-23-11-9-18-15-22(28(32)36-26(18)16(23)2)29-27(31)19-10-12-24(34-4)21(14-19)17-7-6-8-20(13-17)33-3/h4-6,9-15,17H,7-8H2,1-3H3,(H,30,31);5-13,30H,14H2,1-4H3,(H,29,32);6-15H,5H2,1-4H3,(H,29,31). The highest BCUT2D eigenvalue weighted by atomic mass is 16.5. The Bertz CT molecular complexity index is 5790. The second-order valence-corrected chi connectivity index (χ2v) is 25.0. The molecule has 13 rings (SSSR count). The van der Waals surface area contributed by atoms with Gasteiger partial charge in [0.15, 0.2) is 0 Å². The topological polar surface area (TPSA) is 332 Å². The van der Waals surface area contributed by atoms with Crippen molar-refractivity contribution in [1.29, 1.82) is 0 Å². The van der Waals surface area contributed by atoms with Crippen LogP contribution in [0.1, 0.15) is 86.4 Å². The number of carbonyl (C=O) groups excluding carboxylic acids is 6. The smallest absolute Gasteiger partial charge is 0.360 e. The van der Waals surface area contributed by atoms with Crippen LogP contribution in [0.15, 0.2) is 204 Å². The molecule has 1 aliphatic carbocycles. The van der Waals surface area contributed by atoms with Gasteiger partial charge in [0.25, 0.3) is 17.7 Å². The first kappa shape index (κ1) is 77.3. The van der Waals surface area contributed by atoms with Crippen molar-refractivity contribution in [3.8, 4) is 85.1 Å². The first-order valence-electron chi connectivity index (χ1n) is 34.4. The number of ether oxygens (including phenoxy) is 9. The zero-order chi connectivity index (χ0) is 78.6. The number of fused-ring (bicyclic) bond motifs is 3. The lowest BCUT2D eigenvalue weighted by molar-refractivity contribution is -0.136. The molecule has 0 spiro atoms. The minimum Gasteiger partial charge on any atom is -0.497 e. The molecule has 1 saturated carbocycles. The van der Waals surface area contributed by atoms with Gasteiger partial charge in [-0.05, 0) is 190 Å². The van der Waals surface area contributed by atoms with Crippen molar-refractivity contribution in [2.45, 2.75) is 60.5 Å². The van der Waals surface area contributed by atoms with Crippen LogP contribution >= 0.6 is 0 Å². The maximum atomic E-state index is 13.1. The zero-order valence-electron chi connectivity index (χ0n) is 61.7. The van der Waals surface area contributed by atoms with E-state index in [1.54, 1.807) is 148 Å². The molecule has 9 aromatic carbocycles. The van der Waals surface area contributed by atoms with Gasteiger partial charge in [-0.1, -0.05) is 43.3 Å². The molecule has 0 saturated heterocycles. The van der Waals surface area contributed by atoms with Gasteiger partial charge in [-0.25, -0.2) is 14.4 Å². The van der Waals surface area contributed by atoms with Crippen LogP contribution < -0.4 is 75.5 Å². The highest BCUT2D eigenvalue weighted by Gasteiger charge is 2.32. The largest absolute Gasteiger partial charge is 0.497 e. The summed E-state index contributed by atoms with van der Waals surface area (Å²) in [4.78, 5) is 113. The van der Waals surface area contributed by atoms with E-state index < -0.39 is 53.1 Å². The van der Waals surface area contributed by atoms with Gasteiger partial charge in [-0.3, -0.25) is 28.8 Å². The average Bonchev–Trinajstić information content (AvgIpc) is 0.895. The lowest BCUT2D eigenvalue weighted by Gasteiger charge is -2.14. The lowest BCUT2D eigenvalue weighted by atomic mass is 10.0. The molecule has 110 heavy (non-hydrogen) atoms. The Kier molecular flexibility index (Phi) is 24.0. The van der Waals surface area contributed by atoms with Crippen molar-refractivity contribution in [2.75, 3.05) is 58.6 Å². The molecule has 4 N–H and O–H groups in total. The molecule has 0 aliphatic heterocycles. The van der Waals surface area contributed by atoms with E-state index in [-0.39, 0.29) is 57.8 Å². The fraction of sp³-hybridized carbons (Fsp3) is 0.188. The van der Waals surface area contributed by atoms with Crippen molar-refractivity contribution in [3.63, 3.8) is 0 Å². The van der Waals surface area contributed by atoms with E-state index >= 15 is 0 Å². The number of aliphatic hydroxyl groups is 1. The van der Waals surface area contributed by atoms with Gasteiger partial charge in [0, 0.05) is 85.1 Å². The fourth-order valence-electron chi connectivity index (χ4n) is 11.9. The summed E-state index contributed by atoms with van der Waals surface area (Å²) in [6.45, 7) is 7.54. The molecule has 562 valence electrons. The Hall–Kier alpha value is -13.8. The Morgan fingerprint density at radius 3 is 1.13 bits per heavy atom. The molecule has 25 heteroatoms. The SMILES string of the molecule is CCC(=O)Oc1ccc2cc(NC(=O)c3ccc(OC)c(-c4cccc(OC)c4)c3)c(=O)oc2c1C.COc1cccc(-c2cc(C(=O)Nc3cc4cc(CO)c(OC(C)=O)c(C)c4oc3=O)ccc2OC)c1.COc1cccc(-c2cc(C(=O)Nc3cc4ccc(OC(=O)C5CC5)c(C)c4oc3=O)ccc2OC)c1. The van der Waals surface area contributed by atoms with E-state index in [9.17, 15) is 48.3 Å². The van der Waals surface area contributed by atoms with Gasteiger partial charge in [-0.2, -0.15) is 0 Å². The average molecular weight is 1490 g/mol. The van der Waals surface area contributed by atoms with Crippen molar-refractivity contribution in [2.24, 2.45) is 5.92 Å². The number of hydrogen-bond acceptors (Lipinski definition) is 22. The first-order chi connectivity index (χ1) is 53.0. The maximum absolute atomic E-state index is 13.1. The number of anilines is 3. The molecule has 1 fully saturated rings. The second-order valence-electron chi connectivity index (χ2n) is 25.0. The predicted molar refractivity (Wildman–Crippen MR) is 412 cm³/mol. The minimum atomic E-state index is -0.781. The third kappa shape index (κ3) is 17.5. The molecule has 3 amide bonds. The summed E-state index contributed by atoms with van der Waals surface area (Å²) in [6.07, 6.45) is 1.88. The molecule has 1 aliphatic rings. The van der Waals surface area contributed by atoms with E-state index in [2.05, 4.69) is 16.0 Å². The van der Waals surface area contributed by atoms with E-state index in [1.807, 2.05) is 72.8 Å². The number of hydrogen-bond donors (Lipinski definition) is 4. The van der Waals surface area contributed by atoms with Crippen LogP contribution in [-0.2, 0) is 21.0 Å². The summed E-state index contributed by atoms with van der Waals surface area (Å²) < 4.78 is 64.8. The van der Waals surface area contributed by atoms with E-state index in [4.69, 9.17) is 55.9 Å². The molecular formula is C85H75N3O22. The highest BCUT2D eigenvalue weighted by Crippen LogP contribution is 2.39. The van der Waals surface area contributed by atoms with E-state index in [0.29, 0.717) is 118 Å². The number of methoxy groups -OCH3 is 6. The van der Waals surface area contributed by atoms with Gasteiger partial charge in [-0.15, -0.1) is 0 Å². The van der Waals surface area contributed by atoms with Gasteiger partial charge in [0.1, 0.15) is 85.6 Å². The fourth-order valence-corrected chi connectivity index (χ4v) is 11.9. The van der Waals surface area contributed by atoms with E-state index in [1.165, 1.54) is 32.2 Å². The summed E-state index contributed by atoms with van der Waals surface area (Å²) in [6, 6.07) is 49.7. The van der Waals surface area contributed by atoms with Crippen LogP contribution in [0.5, 0.6) is 51.7 Å². The molecule has 0 unspecified atom stereocenters. The summed E-state index contributed by atoms with van der Waals surface area (Å²) in [5.74, 6) is 1.72. The Balaban J connectivity index is 0.000000164. The van der Waals surface area contributed by atoms with Crippen molar-refractivity contribution < 1.29 is 89.8 Å². The third-order valence-corrected chi connectivity index (χ3v) is 17.8. The normalized spacial score (nSPS) is 11.4. The maximum Gasteiger partial charge on any atom is 0.360 e. The van der Waals surface area contributed by atoms with Crippen LogP contribution in [0, 0.1) is 26.7 Å². The van der Waals surface area contributed by atoms with Gasteiger partial charge in [0.05, 0.1) is 55.2 Å². The molecule has 0 bridgehead atoms. The first-order valence-corrected chi connectivity index (χ1v) is 34.4. The van der Waals surface area contributed by atoms with Crippen LogP contribution in [0.25, 0.3) is 66.3 Å². The van der Waals surface area contributed by atoms with Crippen LogP contribution in [0.3, 0.4) is 0 Å². The molecule has 0 atom stereocenters. The number of aliphatic hydroxyl groups excluding tert-OH is 1. The quantitative estimate of drug-likeness (QED) is 0.0295.